The lowest BCUT2D eigenvalue weighted by atomic mass is 9.80. The highest BCUT2D eigenvalue weighted by Gasteiger charge is 2.22. The third-order valence-corrected chi connectivity index (χ3v) is 3.39. The van der Waals surface area contributed by atoms with Gasteiger partial charge in [0.15, 0.2) is 0 Å². The number of ether oxygens (including phenoxy) is 1. The van der Waals surface area contributed by atoms with E-state index in [0.29, 0.717) is 0 Å². The van der Waals surface area contributed by atoms with E-state index in [1.54, 1.807) is 12.0 Å². The van der Waals surface area contributed by atoms with Crippen LogP contribution in [0, 0.1) is 11.8 Å². The molecule has 92 valence electrons. The van der Waals surface area contributed by atoms with Crippen LogP contribution in [0.5, 0.6) is 0 Å². The molecule has 1 N–H and O–H groups in total. The monoisotopic (exact) mass is 327 g/mol. The molecule has 0 aromatic carbocycles. The molecule has 2 nitrogen and oxygen atoms in total. The molecule has 0 spiro atoms. The van der Waals surface area contributed by atoms with Gasteiger partial charge in [0.25, 0.3) is 0 Å². The second kappa shape index (κ2) is 8.76. The maximum Gasteiger partial charge on any atom is 0.0795 e. The van der Waals surface area contributed by atoms with Crippen LogP contribution in [0.1, 0.15) is 32.1 Å². The first-order chi connectivity index (χ1) is 6.72. The van der Waals surface area contributed by atoms with E-state index in [1.807, 2.05) is 0 Å². The molecule has 3 heteroatoms. The van der Waals surface area contributed by atoms with E-state index in [2.05, 4.69) is 14.1 Å². The maximum absolute atomic E-state index is 5.13. The Labute approximate surface area is 112 Å². The van der Waals surface area contributed by atoms with Crippen molar-refractivity contribution >= 4 is 0 Å². The summed E-state index contributed by atoms with van der Waals surface area (Å²) in [5, 5.41) is 0. The van der Waals surface area contributed by atoms with Gasteiger partial charge in [-0.1, -0.05) is 0 Å². The van der Waals surface area contributed by atoms with Gasteiger partial charge < -0.3 is 33.6 Å². The maximum atomic E-state index is 5.13. The van der Waals surface area contributed by atoms with E-state index in [4.69, 9.17) is 4.74 Å². The SMILES string of the molecule is COCCC1CCC(C[NH+](C)C)CC1.[I-]. The topological polar surface area (TPSA) is 13.7 Å². The summed E-state index contributed by atoms with van der Waals surface area (Å²) in [7, 11) is 6.33. The number of hydrogen-bond donors (Lipinski definition) is 1. The zero-order valence-electron chi connectivity index (χ0n) is 10.4. The van der Waals surface area contributed by atoms with Crippen LogP contribution in [0.3, 0.4) is 0 Å². The summed E-state index contributed by atoms with van der Waals surface area (Å²) in [6.45, 7) is 2.31. The standard InChI is InChI=1S/C12H25NO.HI/c1-13(2)10-12-6-4-11(5-7-12)8-9-14-3;/h11-12H,4-10H2,1-3H3;1H. The molecule has 0 radical (unpaired) electrons. The van der Waals surface area contributed by atoms with Crippen molar-refractivity contribution in [2.75, 3.05) is 34.4 Å². The Balaban J connectivity index is 0.00000196. The first kappa shape index (κ1) is 15.7. The van der Waals surface area contributed by atoms with Gasteiger partial charge in [-0.15, -0.1) is 0 Å². The van der Waals surface area contributed by atoms with Gasteiger partial charge in [-0.25, -0.2) is 0 Å². The van der Waals surface area contributed by atoms with Gasteiger partial charge in [-0.2, -0.15) is 0 Å². The third-order valence-electron chi connectivity index (χ3n) is 3.39. The van der Waals surface area contributed by atoms with Crippen LogP contribution < -0.4 is 28.9 Å². The lowest BCUT2D eigenvalue weighted by Gasteiger charge is -2.28. The van der Waals surface area contributed by atoms with Gasteiger partial charge in [-0.05, 0) is 38.0 Å². The molecule has 0 aromatic rings. The number of halogens is 1. The highest BCUT2D eigenvalue weighted by Crippen LogP contribution is 2.29. The molecule has 15 heavy (non-hydrogen) atoms. The first-order valence-corrected chi connectivity index (χ1v) is 6.00. The van der Waals surface area contributed by atoms with Gasteiger partial charge in [0.2, 0.25) is 0 Å². The predicted molar refractivity (Wildman–Crippen MR) is 59.6 cm³/mol. The lowest BCUT2D eigenvalue weighted by Crippen LogP contribution is -3.06. The van der Waals surface area contributed by atoms with Crippen molar-refractivity contribution in [1.82, 2.24) is 0 Å². The normalized spacial score (nSPS) is 26.4. The van der Waals surface area contributed by atoms with E-state index >= 15 is 0 Å². The van der Waals surface area contributed by atoms with Gasteiger partial charge >= 0.3 is 0 Å². The Morgan fingerprint density at radius 1 is 1.07 bits per heavy atom. The van der Waals surface area contributed by atoms with Crippen molar-refractivity contribution in [3.05, 3.63) is 0 Å². The predicted octanol–water partition coefficient (Wildman–Crippen LogP) is -2.02. The summed E-state index contributed by atoms with van der Waals surface area (Å²) < 4.78 is 5.13. The largest absolute Gasteiger partial charge is 1.00 e. The molecule has 0 aromatic heterocycles. The molecule has 0 saturated heterocycles. The van der Waals surface area contributed by atoms with Crippen LogP contribution in [-0.4, -0.2) is 34.4 Å². The fraction of sp³-hybridized carbons (Fsp3) is 1.00. The molecule has 0 aliphatic heterocycles. The summed E-state index contributed by atoms with van der Waals surface area (Å²) in [4.78, 5) is 1.60. The van der Waals surface area contributed by atoms with Gasteiger partial charge in [0.05, 0.1) is 20.6 Å². The molecule has 1 rings (SSSR count). The molecule has 0 heterocycles. The van der Waals surface area contributed by atoms with Crippen molar-refractivity contribution in [3.63, 3.8) is 0 Å². The molecule has 1 saturated carbocycles. The molecule has 1 fully saturated rings. The van der Waals surface area contributed by atoms with Crippen molar-refractivity contribution in [3.8, 4) is 0 Å². The summed E-state index contributed by atoms with van der Waals surface area (Å²) in [6.07, 6.45) is 7.03. The van der Waals surface area contributed by atoms with Crippen molar-refractivity contribution in [2.45, 2.75) is 32.1 Å². The number of nitrogens with one attached hydrogen (secondary N) is 1. The molecular formula is C12H26INO. The highest BCUT2D eigenvalue weighted by molar-refractivity contribution is 4.71. The quantitative estimate of drug-likeness (QED) is 0.576. The third kappa shape index (κ3) is 6.74. The van der Waals surface area contributed by atoms with Crippen molar-refractivity contribution in [1.29, 1.82) is 0 Å². The molecular weight excluding hydrogens is 301 g/mol. The summed E-state index contributed by atoms with van der Waals surface area (Å²) >= 11 is 0. The summed E-state index contributed by atoms with van der Waals surface area (Å²) in [5.41, 5.74) is 0. The number of hydrogen-bond acceptors (Lipinski definition) is 1. The zero-order valence-corrected chi connectivity index (χ0v) is 12.5. The van der Waals surface area contributed by atoms with Crippen LogP contribution in [0.4, 0.5) is 0 Å². The molecule has 1 aliphatic carbocycles. The van der Waals surface area contributed by atoms with Gasteiger partial charge in [-0.3, -0.25) is 0 Å². The van der Waals surface area contributed by atoms with Gasteiger partial charge in [0, 0.05) is 19.6 Å². The second-order valence-corrected chi connectivity index (χ2v) is 5.08. The Bertz CT molecular complexity index is 145. The van der Waals surface area contributed by atoms with Crippen LogP contribution in [-0.2, 0) is 4.74 Å². The van der Waals surface area contributed by atoms with Crippen LogP contribution >= 0.6 is 0 Å². The fourth-order valence-corrected chi connectivity index (χ4v) is 2.59. The van der Waals surface area contributed by atoms with Gasteiger partial charge in [0.1, 0.15) is 0 Å². The van der Waals surface area contributed by atoms with Crippen molar-refractivity contribution < 1.29 is 33.6 Å². The van der Waals surface area contributed by atoms with Crippen LogP contribution in [0.15, 0.2) is 0 Å². The molecule has 0 unspecified atom stereocenters. The Morgan fingerprint density at radius 2 is 1.60 bits per heavy atom. The smallest absolute Gasteiger partial charge is 0.0795 e. The summed E-state index contributed by atoms with van der Waals surface area (Å²) in [5.74, 6) is 1.93. The summed E-state index contributed by atoms with van der Waals surface area (Å²) in [6, 6.07) is 0. The van der Waals surface area contributed by atoms with E-state index in [0.717, 1.165) is 18.4 Å². The minimum Gasteiger partial charge on any atom is -1.00 e. The molecule has 0 atom stereocenters. The van der Waals surface area contributed by atoms with Crippen LogP contribution in [0.25, 0.3) is 0 Å². The number of methoxy groups -OCH3 is 1. The number of rotatable bonds is 5. The van der Waals surface area contributed by atoms with E-state index in [1.165, 1.54) is 38.6 Å². The van der Waals surface area contributed by atoms with Crippen molar-refractivity contribution in [2.24, 2.45) is 11.8 Å². The molecule has 0 amide bonds. The molecule has 0 bridgehead atoms. The fourth-order valence-electron chi connectivity index (χ4n) is 2.59. The average molecular weight is 327 g/mol. The Morgan fingerprint density at radius 3 is 2.07 bits per heavy atom. The lowest BCUT2D eigenvalue weighted by molar-refractivity contribution is -0.862. The number of quaternary nitrogens is 1. The second-order valence-electron chi connectivity index (χ2n) is 5.08. The van der Waals surface area contributed by atoms with E-state index in [9.17, 15) is 0 Å². The Kier molecular flexibility index (Phi) is 9.14. The highest BCUT2D eigenvalue weighted by atomic mass is 127. The van der Waals surface area contributed by atoms with Crippen LogP contribution in [0.2, 0.25) is 0 Å². The zero-order chi connectivity index (χ0) is 10.4. The first-order valence-electron chi connectivity index (χ1n) is 6.00. The average Bonchev–Trinajstić information content (AvgIpc) is 2.16. The minimum absolute atomic E-state index is 0. The minimum atomic E-state index is 0. The Hall–Kier alpha value is 0.650. The van der Waals surface area contributed by atoms with E-state index in [-0.39, 0.29) is 24.0 Å². The molecule has 1 aliphatic rings. The van der Waals surface area contributed by atoms with E-state index < -0.39 is 0 Å².